The zero-order valence-corrected chi connectivity index (χ0v) is 12.3. The van der Waals surface area contributed by atoms with Crippen LogP contribution in [0.25, 0.3) is 0 Å². The molecule has 0 bridgehead atoms. The lowest BCUT2D eigenvalue weighted by Gasteiger charge is -2.10. The van der Waals surface area contributed by atoms with Crippen LogP contribution in [-0.4, -0.2) is 16.0 Å². The lowest BCUT2D eigenvalue weighted by Crippen LogP contribution is -2.28. The van der Waals surface area contributed by atoms with Gasteiger partial charge in [-0.05, 0) is 25.5 Å². The van der Waals surface area contributed by atoms with Gasteiger partial charge in [-0.1, -0.05) is 39.3 Å². The van der Waals surface area contributed by atoms with Gasteiger partial charge in [-0.25, -0.2) is 0 Å². The van der Waals surface area contributed by atoms with Crippen LogP contribution in [0, 0.1) is 6.92 Å². The molecule has 1 amide bonds. The Bertz CT molecular complexity index is 583. The summed E-state index contributed by atoms with van der Waals surface area (Å²) in [6, 6.07) is 7.34. The van der Waals surface area contributed by atoms with Crippen LogP contribution in [0.5, 0.6) is 0 Å². The molecule has 0 aliphatic carbocycles. The van der Waals surface area contributed by atoms with Gasteiger partial charge >= 0.3 is 0 Å². The second-order valence-electron chi connectivity index (χ2n) is 4.24. The van der Waals surface area contributed by atoms with Crippen molar-refractivity contribution in [2.24, 2.45) is 0 Å². The van der Waals surface area contributed by atoms with E-state index < -0.39 is 0 Å². The minimum Gasteiger partial charge on any atom is -0.344 e. The first kappa shape index (κ1) is 13.7. The van der Waals surface area contributed by atoms with Crippen molar-refractivity contribution < 1.29 is 9.32 Å². The summed E-state index contributed by atoms with van der Waals surface area (Å²) >= 11 is 3.42. The Kier molecular flexibility index (Phi) is 4.31. The van der Waals surface area contributed by atoms with E-state index in [9.17, 15) is 4.79 Å². The minimum absolute atomic E-state index is 0.0877. The van der Waals surface area contributed by atoms with Crippen LogP contribution in [0.2, 0.25) is 0 Å². The molecule has 0 aliphatic rings. The average molecular weight is 324 g/mol. The van der Waals surface area contributed by atoms with Crippen LogP contribution in [0.3, 0.4) is 0 Å². The standard InChI is InChI=1S/C13H14BrN3O2/c1-8(13-16-9(2)17-19-13)15-12(18)7-10-5-3-4-6-11(10)14/h3-6,8H,7H2,1-2H3,(H,15,18)/t8-/m1/s1. The van der Waals surface area contributed by atoms with Crippen LogP contribution >= 0.6 is 15.9 Å². The number of halogens is 1. The molecule has 1 atom stereocenters. The molecule has 1 aromatic carbocycles. The molecule has 5 nitrogen and oxygen atoms in total. The minimum atomic E-state index is -0.295. The molecule has 6 heteroatoms. The lowest BCUT2D eigenvalue weighted by atomic mass is 10.1. The van der Waals surface area contributed by atoms with Crippen LogP contribution in [0.1, 0.15) is 30.2 Å². The highest BCUT2D eigenvalue weighted by Gasteiger charge is 2.16. The van der Waals surface area contributed by atoms with E-state index in [0.29, 0.717) is 18.1 Å². The van der Waals surface area contributed by atoms with Crippen molar-refractivity contribution in [3.8, 4) is 0 Å². The fourth-order valence-electron chi connectivity index (χ4n) is 1.66. The fourth-order valence-corrected chi connectivity index (χ4v) is 2.08. The van der Waals surface area contributed by atoms with Crippen molar-refractivity contribution in [3.05, 3.63) is 46.0 Å². The first-order valence-corrected chi connectivity index (χ1v) is 6.68. The largest absolute Gasteiger partial charge is 0.344 e. The maximum absolute atomic E-state index is 11.9. The summed E-state index contributed by atoms with van der Waals surface area (Å²) in [4.78, 5) is 16.0. The van der Waals surface area contributed by atoms with Crippen LogP contribution in [-0.2, 0) is 11.2 Å². The normalized spacial score (nSPS) is 12.2. The van der Waals surface area contributed by atoms with Crippen LogP contribution < -0.4 is 5.32 Å². The predicted molar refractivity (Wildman–Crippen MR) is 73.4 cm³/mol. The van der Waals surface area contributed by atoms with Gasteiger partial charge < -0.3 is 9.84 Å². The molecule has 1 aromatic heterocycles. The highest BCUT2D eigenvalue weighted by molar-refractivity contribution is 9.10. The number of nitrogens with one attached hydrogen (secondary N) is 1. The van der Waals surface area contributed by atoms with Gasteiger partial charge in [-0.3, -0.25) is 4.79 Å². The van der Waals surface area contributed by atoms with E-state index in [1.54, 1.807) is 6.92 Å². The number of aromatic nitrogens is 2. The Labute approximate surface area is 119 Å². The van der Waals surface area contributed by atoms with E-state index in [0.717, 1.165) is 10.0 Å². The Hall–Kier alpha value is -1.69. The van der Waals surface area contributed by atoms with Gasteiger partial charge in [-0.15, -0.1) is 0 Å². The van der Waals surface area contributed by atoms with E-state index in [1.165, 1.54) is 0 Å². The number of hydrogen-bond acceptors (Lipinski definition) is 4. The highest BCUT2D eigenvalue weighted by Crippen LogP contribution is 2.17. The molecule has 0 unspecified atom stereocenters. The second-order valence-corrected chi connectivity index (χ2v) is 5.09. The van der Waals surface area contributed by atoms with E-state index in [1.807, 2.05) is 31.2 Å². The van der Waals surface area contributed by atoms with Crippen molar-refractivity contribution in [1.82, 2.24) is 15.5 Å². The number of nitrogens with zero attached hydrogens (tertiary/aromatic N) is 2. The van der Waals surface area contributed by atoms with Crippen LogP contribution in [0.15, 0.2) is 33.3 Å². The number of benzene rings is 1. The van der Waals surface area contributed by atoms with Crippen molar-refractivity contribution in [1.29, 1.82) is 0 Å². The number of rotatable bonds is 4. The number of carbonyl (C=O) groups excluding carboxylic acids is 1. The van der Waals surface area contributed by atoms with E-state index in [4.69, 9.17) is 4.52 Å². The van der Waals surface area contributed by atoms with Crippen molar-refractivity contribution in [2.45, 2.75) is 26.3 Å². The van der Waals surface area contributed by atoms with Crippen molar-refractivity contribution >= 4 is 21.8 Å². The van der Waals surface area contributed by atoms with Gasteiger partial charge in [0, 0.05) is 4.47 Å². The molecule has 1 heterocycles. The highest BCUT2D eigenvalue weighted by atomic mass is 79.9. The average Bonchev–Trinajstić information content (AvgIpc) is 2.79. The van der Waals surface area contributed by atoms with Gasteiger partial charge in [0.15, 0.2) is 5.82 Å². The smallest absolute Gasteiger partial charge is 0.248 e. The maximum Gasteiger partial charge on any atom is 0.248 e. The Morgan fingerprint density at radius 2 is 2.21 bits per heavy atom. The first-order chi connectivity index (χ1) is 9.06. The lowest BCUT2D eigenvalue weighted by molar-refractivity contribution is -0.121. The zero-order valence-electron chi connectivity index (χ0n) is 10.7. The van der Waals surface area contributed by atoms with E-state index in [-0.39, 0.29) is 11.9 Å². The third kappa shape index (κ3) is 3.64. The Morgan fingerprint density at radius 3 is 2.84 bits per heavy atom. The van der Waals surface area contributed by atoms with Gasteiger partial charge in [0.25, 0.3) is 0 Å². The van der Waals surface area contributed by atoms with Gasteiger partial charge in [0.05, 0.1) is 6.42 Å². The Morgan fingerprint density at radius 1 is 1.47 bits per heavy atom. The number of amides is 1. The maximum atomic E-state index is 11.9. The molecule has 0 radical (unpaired) electrons. The molecule has 100 valence electrons. The zero-order chi connectivity index (χ0) is 13.8. The molecular formula is C13H14BrN3O2. The summed E-state index contributed by atoms with van der Waals surface area (Å²) in [6.45, 7) is 3.55. The molecule has 1 N–H and O–H groups in total. The monoisotopic (exact) mass is 323 g/mol. The molecular weight excluding hydrogens is 310 g/mol. The topological polar surface area (TPSA) is 68.0 Å². The summed E-state index contributed by atoms with van der Waals surface area (Å²) in [6.07, 6.45) is 0.304. The molecule has 0 aliphatic heterocycles. The molecule has 0 saturated heterocycles. The van der Waals surface area contributed by atoms with Crippen molar-refractivity contribution in [3.63, 3.8) is 0 Å². The Balaban J connectivity index is 1.96. The molecule has 0 spiro atoms. The van der Waals surface area contributed by atoms with E-state index in [2.05, 4.69) is 31.4 Å². The SMILES string of the molecule is Cc1noc([C@@H](C)NC(=O)Cc2ccccc2Br)n1. The quantitative estimate of drug-likeness (QED) is 0.938. The first-order valence-electron chi connectivity index (χ1n) is 5.89. The third-order valence-electron chi connectivity index (χ3n) is 2.60. The number of carbonyl (C=O) groups is 1. The third-order valence-corrected chi connectivity index (χ3v) is 3.37. The molecule has 2 aromatic rings. The van der Waals surface area contributed by atoms with E-state index >= 15 is 0 Å². The molecule has 0 fully saturated rings. The number of hydrogen-bond donors (Lipinski definition) is 1. The van der Waals surface area contributed by atoms with Gasteiger partial charge in [0.2, 0.25) is 11.8 Å². The summed E-state index contributed by atoms with van der Waals surface area (Å²) in [5.41, 5.74) is 0.939. The summed E-state index contributed by atoms with van der Waals surface area (Å²) in [7, 11) is 0. The van der Waals surface area contributed by atoms with Crippen molar-refractivity contribution in [2.75, 3.05) is 0 Å². The van der Waals surface area contributed by atoms with Crippen LogP contribution in [0.4, 0.5) is 0 Å². The van der Waals surface area contributed by atoms with Gasteiger partial charge in [0.1, 0.15) is 6.04 Å². The predicted octanol–water partition coefficient (Wildman–Crippen LogP) is 2.56. The number of aryl methyl sites for hydroxylation is 1. The second kappa shape index (κ2) is 5.97. The van der Waals surface area contributed by atoms with Gasteiger partial charge in [-0.2, -0.15) is 4.98 Å². The fraction of sp³-hybridized carbons (Fsp3) is 0.308. The summed E-state index contributed by atoms with van der Waals surface area (Å²) < 4.78 is 5.94. The summed E-state index contributed by atoms with van der Waals surface area (Å²) in [5, 5.41) is 6.53. The molecule has 2 rings (SSSR count). The molecule has 19 heavy (non-hydrogen) atoms. The summed E-state index contributed by atoms with van der Waals surface area (Å²) in [5.74, 6) is 0.884. The molecule has 0 saturated carbocycles.